The zero-order chi connectivity index (χ0) is 26.8. The summed E-state index contributed by atoms with van der Waals surface area (Å²) in [5.41, 5.74) is 1.36. The number of carbonyl (C=O) groups excluding carboxylic acids is 2. The van der Waals surface area contributed by atoms with Crippen molar-refractivity contribution in [3.05, 3.63) is 95.0 Å². The summed E-state index contributed by atoms with van der Waals surface area (Å²) in [4.78, 5) is 28.1. The quantitative estimate of drug-likeness (QED) is 0.336. The molecular formula is C28H32BrN3O4S. The van der Waals surface area contributed by atoms with Gasteiger partial charge in [-0.3, -0.25) is 13.9 Å². The van der Waals surface area contributed by atoms with Gasteiger partial charge in [0.2, 0.25) is 11.8 Å². The molecule has 0 spiro atoms. The molecule has 0 fully saturated rings. The van der Waals surface area contributed by atoms with Crippen LogP contribution in [-0.2, 0) is 26.0 Å². The monoisotopic (exact) mass is 585 g/mol. The van der Waals surface area contributed by atoms with Crippen LogP contribution in [0, 0.1) is 0 Å². The molecule has 0 radical (unpaired) electrons. The molecule has 0 aliphatic heterocycles. The Morgan fingerprint density at radius 2 is 1.59 bits per heavy atom. The van der Waals surface area contributed by atoms with Crippen LogP contribution in [0.2, 0.25) is 0 Å². The highest BCUT2D eigenvalue weighted by Crippen LogP contribution is 2.26. The van der Waals surface area contributed by atoms with Crippen LogP contribution in [0.25, 0.3) is 0 Å². The van der Waals surface area contributed by atoms with E-state index in [1.54, 1.807) is 49.4 Å². The Balaban J connectivity index is 1.95. The lowest BCUT2D eigenvalue weighted by Gasteiger charge is -2.32. The molecule has 7 nitrogen and oxygen atoms in total. The Hall–Kier alpha value is -3.17. The van der Waals surface area contributed by atoms with Crippen molar-refractivity contribution in [2.75, 3.05) is 23.9 Å². The third kappa shape index (κ3) is 7.66. The highest BCUT2D eigenvalue weighted by molar-refractivity contribution is 9.10. The topological polar surface area (TPSA) is 86.8 Å². The van der Waals surface area contributed by atoms with E-state index in [1.165, 1.54) is 17.0 Å². The molecule has 1 N–H and O–H groups in total. The van der Waals surface area contributed by atoms with Crippen LogP contribution in [0.4, 0.5) is 5.69 Å². The molecule has 0 saturated heterocycles. The second kappa shape index (κ2) is 13.4. The van der Waals surface area contributed by atoms with Gasteiger partial charge in [0.1, 0.15) is 12.6 Å². The molecule has 0 heterocycles. The average molecular weight is 587 g/mol. The standard InChI is InChI=1S/C28H32BrN3O4S/c1-3-18-30-28(34)22(2)31(19-17-23-11-6-4-7-12-23)27(33)21-32(25-14-10-13-24(29)20-25)37(35,36)26-15-8-5-9-16-26/h4-16,20,22H,3,17-19,21H2,1-2H3,(H,30,34)/t22-/m0/s1. The van der Waals surface area contributed by atoms with E-state index < -0.39 is 28.5 Å². The number of nitrogens with one attached hydrogen (secondary N) is 1. The first-order valence-corrected chi connectivity index (χ1v) is 14.4. The van der Waals surface area contributed by atoms with Crippen LogP contribution < -0.4 is 9.62 Å². The number of carbonyl (C=O) groups is 2. The zero-order valence-corrected chi connectivity index (χ0v) is 23.4. The van der Waals surface area contributed by atoms with E-state index >= 15 is 0 Å². The predicted molar refractivity (Wildman–Crippen MR) is 150 cm³/mol. The van der Waals surface area contributed by atoms with Crippen LogP contribution in [0.5, 0.6) is 0 Å². The van der Waals surface area contributed by atoms with E-state index in [0.29, 0.717) is 23.1 Å². The van der Waals surface area contributed by atoms with Crippen molar-refractivity contribution >= 4 is 43.5 Å². The number of amides is 2. The van der Waals surface area contributed by atoms with Gasteiger partial charge >= 0.3 is 0 Å². The molecule has 0 aliphatic carbocycles. The number of hydrogen-bond acceptors (Lipinski definition) is 4. The Morgan fingerprint density at radius 3 is 2.22 bits per heavy atom. The first-order chi connectivity index (χ1) is 17.7. The molecule has 2 amide bonds. The summed E-state index contributed by atoms with van der Waals surface area (Å²) in [6.07, 6.45) is 1.29. The van der Waals surface area contributed by atoms with Crippen molar-refractivity contribution in [1.82, 2.24) is 10.2 Å². The normalized spacial score (nSPS) is 12.0. The molecule has 196 valence electrons. The number of nitrogens with zero attached hydrogens (tertiary/aromatic N) is 2. The van der Waals surface area contributed by atoms with E-state index in [1.807, 2.05) is 37.3 Å². The number of hydrogen-bond donors (Lipinski definition) is 1. The van der Waals surface area contributed by atoms with Gasteiger partial charge in [-0.05, 0) is 55.7 Å². The molecule has 0 unspecified atom stereocenters. The third-order valence-corrected chi connectivity index (χ3v) is 8.19. The summed E-state index contributed by atoms with van der Waals surface area (Å²) in [7, 11) is -4.06. The van der Waals surface area contributed by atoms with Crippen molar-refractivity contribution in [1.29, 1.82) is 0 Å². The fourth-order valence-electron chi connectivity index (χ4n) is 3.85. The van der Waals surface area contributed by atoms with E-state index in [2.05, 4.69) is 21.2 Å². The second-order valence-corrected chi connectivity index (χ2v) is 11.4. The van der Waals surface area contributed by atoms with E-state index in [0.717, 1.165) is 16.3 Å². The maximum atomic E-state index is 13.8. The molecule has 3 aromatic carbocycles. The Kier molecular flexibility index (Phi) is 10.3. The summed E-state index contributed by atoms with van der Waals surface area (Å²) >= 11 is 3.40. The van der Waals surface area contributed by atoms with Crippen LogP contribution in [0.1, 0.15) is 25.8 Å². The molecule has 1 atom stereocenters. The van der Waals surface area contributed by atoms with Gasteiger partial charge < -0.3 is 10.2 Å². The molecule has 0 aliphatic rings. The van der Waals surface area contributed by atoms with E-state index in [-0.39, 0.29) is 17.3 Å². The van der Waals surface area contributed by atoms with E-state index in [4.69, 9.17) is 0 Å². The Morgan fingerprint density at radius 1 is 0.946 bits per heavy atom. The minimum absolute atomic E-state index is 0.0762. The van der Waals surface area contributed by atoms with Crippen LogP contribution in [-0.4, -0.2) is 50.8 Å². The molecule has 0 bridgehead atoms. The Labute approximate surface area is 227 Å². The van der Waals surface area contributed by atoms with Crippen LogP contribution in [0.3, 0.4) is 0 Å². The number of sulfonamides is 1. The van der Waals surface area contributed by atoms with Crippen molar-refractivity contribution in [2.45, 2.75) is 37.6 Å². The first-order valence-electron chi connectivity index (χ1n) is 12.2. The van der Waals surface area contributed by atoms with Gasteiger partial charge in [-0.15, -0.1) is 0 Å². The average Bonchev–Trinajstić information content (AvgIpc) is 2.91. The molecule has 0 saturated carbocycles. The molecule has 0 aromatic heterocycles. The lowest BCUT2D eigenvalue weighted by molar-refractivity contribution is -0.138. The van der Waals surface area contributed by atoms with Crippen molar-refractivity contribution in [2.24, 2.45) is 0 Å². The second-order valence-electron chi connectivity index (χ2n) is 8.59. The van der Waals surface area contributed by atoms with Crippen molar-refractivity contribution in [3.63, 3.8) is 0 Å². The maximum absolute atomic E-state index is 13.8. The van der Waals surface area contributed by atoms with Crippen molar-refractivity contribution in [3.8, 4) is 0 Å². The van der Waals surface area contributed by atoms with Crippen molar-refractivity contribution < 1.29 is 18.0 Å². The molecule has 3 aromatic rings. The maximum Gasteiger partial charge on any atom is 0.264 e. The van der Waals surface area contributed by atoms with Gasteiger partial charge in [0.25, 0.3) is 10.0 Å². The van der Waals surface area contributed by atoms with Crippen LogP contribution in [0.15, 0.2) is 94.3 Å². The summed E-state index contributed by atoms with van der Waals surface area (Å²) in [6.45, 7) is 3.93. The fraction of sp³-hybridized carbons (Fsp3) is 0.286. The van der Waals surface area contributed by atoms with E-state index in [9.17, 15) is 18.0 Å². The summed E-state index contributed by atoms with van der Waals surface area (Å²) < 4.78 is 29.2. The van der Waals surface area contributed by atoms with Gasteiger partial charge in [0, 0.05) is 17.6 Å². The summed E-state index contributed by atoms with van der Waals surface area (Å²) in [6, 6.07) is 23.7. The first kappa shape index (κ1) is 28.4. The number of rotatable bonds is 12. The van der Waals surface area contributed by atoms with Gasteiger partial charge in [-0.2, -0.15) is 0 Å². The highest BCUT2D eigenvalue weighted by atomic mass is 79.9. The minimum Gasteiger partial charge on any atom is -0.354 e. The smallest absolute Gasteiger partial charge is 0.264 e. The molecule has 9 heteroatoms. The molecule has 3 rings (SSSR count). The number of anilines is 1. The third-order valence-electron chi connectivity index (χ3n) is 5.91. The van der Waals surface area contributed by atoms with Gasteiger partial charge in [-0.1, -0.05) is 77.5 Å². The predicted octanol–water partition coefficient (Wildman–Crippen LogP) is 4.63. The zero-order valence-electron chi connectivity index (χ0n) is 21.0. The van der Waals surface area contributed by atoms with Gasteiger partial charge in [0.05, 0.1) is 10.6 Å². The van der Waals surface area contributed by atoms with Crippen LogP contribution >= 0.6 is 15.9 Å². The Bertz CT molecular complexity index is 1290. The minimum atomic E-state index is -4.06. The largest absolute Gasteiger partial charge is 0.354 e. The van der Waals surface area contributed by atoms with Gasteiger partial charge in [-0.25, -0.2) is 8.42 Å². The lowest BCUT2D eigenvalue weighted by Crippen LogP contribution is -2.52. The summed E-state index contributed by atoms with van der Waals surface area (Å²) in [5, 5.41) is 2.84. The summed E-state index contributed by atoms with van der Waals surface area (Å²) in [5.74, 6) is -0.738. The molecule has 37 heavy (non-hydrogen) atoms. The molecular weight excluding hydrogens is 554 g/mol. The lowest BCUT2D eigenvalue weighted by atomic mass is 10.1. The highest BCUT2D eigenvalue weighted by Gasteiger charge is 2.32. The number of benzene rings is 3. The SMILES string of the molecule is CCCNC(=O)[C@H](C)N(CCc1ccccc1)C(=O)CN(c1cccc(Br)c1)S(=O)(=O)c1ccccc1. The fourth-order valence-corrected chi connectivity index (χ4v) is 5.66. The van der Waals surface area contributed by atoms with Gasteiger partial charge in [0.15, 0.2) is 0 Å². The number of halogens is 1.